The molecule has 0 saturated heterocycles. The summed E-state index contributed by atoms with van der Waals surface area (Å²) in [6.45, 7) is 3.26. The van der Waals surface area contributed by atoms with Gasteiger partial charge in [0.05, 0.1) is 7.11 Å². The molecular weight excluding hydrogens is 332 g/mol. The molecular formula is C24H28N2O. The van der Waals surface area contributed by atoms with Gasteiger partial charge < -0.3 is 10.5 Å². The van der Waals surface area contributed by atoms with Gasteiger partial charge in [-0.05, 0) is 28.8 Å². The highest BCUT2D eigenvalue weighted by atomic mass is 16.5. The minimum atomic E-state index is 0.310. The summed E-state index contributed by atoms with van der Waals surface area (Å²) in [4.78, 5) is 2.43. The molecule has 0 atom stereocenters. The largest absolute Gasteiger partial charge is 0.497 e. The Labute approximate surface area is 162 Å². The highest BCUT2D eigenvalue weighted by molar-refractivity contribution is 5.33. The van der Waals surface area contributed by atoms with Crippen molar-refractivity contribution >= 4 is 0 Å². The summed E-state index contributed by atoms with van der Waals surface area (Å²) in [5.41, 5.74) is 9.82. The quantitative estimate of drug-likeness (QED) is 0.619. The van der Waals surface area contributed by atoms with E-state index >= 15 is 0 Å². The third kappa shape index (κ3) is 5.43. The Kier molecular flexibility index (Phi) is 7.03. The maximum Gasteiger partial charge on any atom is 0.119 e. The SMILES string of the molecule is COc1cccc(CN(CCN)CC(c2ccccc2)c2ccccc2)c1. The van der Waals surface area contributed by atoms with Crippen molar-refractivity contribution in [2.45, 2.75) is 12.5 Å². The van der Waals surface area contributed by atoms with Gasteiger partial charge in [0, 0.05) is 32.1 Å². The molecule has 0 aliphatic heterocycles. The van der Waals surface area contributed by atoms with Gasteiger partial charge in [-0.3, -0.25) is 4.90 Å². The van der Waals surface area contributed by atoms with Crippen LogP contribution in [0.5, 0.6) is 5.75 Å². The van der Waals surface area contributed by atoms with Crippen molar-refractivity contribution in [3.05, 3.63) is 102 Å². The second kappa shape index (κ2) is 9.91. The summed E-state index contributed by atoms with van der Waals surface area (Å²) in [6, 6.07) is 29.7. The van der Waals surface area contributed by atoms with E-state index in [0.717, 1.165) is 25.4 Å². The molecule has 140 valence electrons. The van der Waals surface area contributed by atoms with E-state index in [1.54, 1.807) is 7.11 Å². The van der Waals surface area contributed by atoms with Gasteiger partial charge in [-0.25, -0.2) is 0 Å². The number of rotatable bonds is 9. The van der Waals surface area contributed by atoms with Crippen molar-refractivity contribution in [1.82, 2.24) is 4.90 Å². The minimum absolute atomic E-state index is 0.310. The average molecular weight is 361 g/mol. The van der Waals surface area contributed by atoms with E-state index in [2.05, 4.69) is 77.7 Å². The molecule has 0 heterocycles. The number of hydrogen-bond acceptors (Lipinski definition) is 3. The first kappa shape index (κ1) is 19.2. The lowest BCUT2D eigenvalue weighted by atomic mass is 9.90. The van der Waals surface area contributed by atoms with Crippen LogP contribution in [0.1, 0.15) is 22.6 Å². The van der Waals surface area contributed by atoms with Crippen molar-refractivity contribution in [1.29, 1.82) is 0 Å². The lowest BCUT2D eigenvalue weighted by molar-refractivity contribution is 0.264. The number of methoxy groups -OCH3 is 1. The third-order valence-corrected chi connectivity index (χ3v) is 4.83. The first-order chi connectivity index (χ1) is 13.3. The highest BCUT2D eigenvalue weighted by Crippen LogP contribution is 2.26. The fourth-order valence-electron chi connectivity index (χ4n) is 3.48. The molecule has 3 rings (SSSR count). The predicted molar refractivity (Wildman–Crippen MR) is 112 cm³/mol. The summed E-state index contributed by atoms with van der Waals surface area (Å²) in [7, 11) is 1.71. The first-order valence-corrected chi connectivity index (χ1v) is 9.45. The van der Waals surface area contributed by atoms with Crippen LogP contribution in [-0.4, -0.2) is 31.6 Å². The Bertz CT molecular complexity index is 765. The van der Waals surface area contributed by atoms with Crippen LogP contribution < -0.4 is 10.5 Å². The van der Waals surface area contributed by atoms with Crippen molar-refractivity contribution in [3.63, 3.8) is 0 Å². The van der Waals surface area contributed by atoms with Crippen LogP contribution in [0.25, 0.3) is 0 Å². The van der Waals surface area contributed by atoms with Crippen LogP contribution in [0, 0.1) is 0 Å². The van der Waals surface area contributed by atoms with E-state index in [0.29, 0.717) is 12.5 Å². The van der Waals surface area contributed by atoms with Gasteiger partial charge in [0.25, 0.3) is 0 Å². The minimum Gasteiger partial charge on any atom is -0.497 e. The zero-order valence-corrected chi connectivity index (χ0v) is 15.9. The lowest BCUT2D eigenvalue weighted by Crippen LogP contribution is -2.33. The number of hydrogen-bond donors (Lipinski definition) is 1. The average Bonchev–Trinajstić information content (AvgIpc) is 2.73. The van der Waals surface area contributed by atoms with Crippen molar-refractivity contribution in [2.24, 2.45) is 5.73 Å². The normalized spacial score (nSPS) is 11.1. The Morgan fingerprint density at radius 2 is 1.48 bits per heavy atom. The van der Waals surface area contributed by atoms with Crippen LogP contribution in [0.15, 0.2) is 84.9 Å². The second-order valence-corrected chi connectivity index (χ2v) is 6.75. The standard InChI is InChI=1S/C24H28N2O/c1-27-23-14-8-9-20(17-23)18-26(16-15-25)19-24(21-10-4-2-5-11-21)22-12-6-3-7-13-22/h2-14,17,24H,15-16,18-19,25H2,1H3. The van der Waals surface area contributed by atoms with E-state index in [1.165, 1.54) is 16.7 Å². The maximum absolute atomic E-state index is 5.93. The molecule has 0 aliphatic rings. The summed E-state index contributed by atoms with van der Waals surface area (Å²) >= 11 is 0. The molecule has 0 aliphatic carbocycles. The third-order valence-electron chi connectivity index (χ3n) is 4.83. The monoisotopic (exact) mass is 360 g/mol. The van der Waals surface area contributed by atoms with E-state index in [-0.39, 0.29) is 0 Å². The van der Waals surface area contributed by atoms with E-state index < -0.39 is 0 Å². The number of benzene rings is 3. The van der Waals surface area contributed by atoms with Gasteiger partial charge in [-0.15, -0.1) is 0 Å². The molecule has 0 aromatic heterocycles. The number of nitrogens with two attached hydrogens (primary N) is 1. The van der Waals surface area contributed by atoms with E-state index in [1.807, 2.05) is 12.1 Å². The fourth-order valence-corrected chi connectivity index (χ4v) is 3.48. The van der Waals surface area contributed by atoms with Crippen LogP contribution in [0.4, 0.5) is 0 Å². The summed E-state index contributed by atoms with van der Waals surface area (Å²) in [6.07, 6.45) is 0. The molecule has 2 N–H and O–H groups in total. The maximum atomic E-state index is 5.93. The molecule has 0 unspecified atom stereocenters. The molecule has 0 fully saturated rings. The zero-order valence-electron chi connectivity index (χ0n) is 15.9. The van der Waals surface area contributed by atoms with Crippen LogP contribution in [-0.2, 0) is 6.54 Å². The van der Waals surface area contributed by atoms with Crippen LogP contribution >= 0.6 is 0 Å². The molecule has 3 heteroatoms. The van der Waals surface area contributed by atoms with Gasteiger partial charge in [-0.1, -0.05) is 72.8 Å². The first-order valence-electron chi connectivity index (χ1n) is 9.45. The molecule has 0 radical (unpaired) electrons. The zero-order chi connectivity index (χ0) is 18.9. The second-order valence-electron chi connectivity index (χ2n) is 6.75. The van der Waals surface area contributed by atoms with Crippen molar-refractivity contribution in [2.75, 3.05) is 26.7 Å². The van der Waals surface area contributed by atoms with Crippen molar-refractivity contribution < 1.29 is 4.74 Å². The topological polar surface area (TPSA) is 38.5 Å². The van der Waals surface area contributed by atoms with Gasteiger partial charge in [0.1, 0.15) is 5.75 Å². The number of ether oxygens (including phenoxy) is 1. The summed E-state index contributed by atoms with van der Waals surface area (Å²) in [5, 5.41) is 0. The van der Waals surface area contributed by atoms with Crippen molar-refractivity contribution in [3.8, 4) is 5.75 Å². The molecule has 3 nitrogen and oxygen atoms in total. The summed E-state index contributed by atoms with van der Waals surface area (Å²) < 4.78 is 5.37. The van der Waals surface area contributed by atoms with Gasteiger partial charge in [-0.2, -0.15) is 0 Å². The van der Waals surface area contributed by atoms with Gasteiger partial charge >= 0.3 is 0 Å². The Balaban J connectivity index is 1.84. The Morgan fingerprint density at radius 1 is 0.852 bits per heavy atom. The molecule has 3 aromatic rings. The molecule has 0 bridgehead atoms. The molecule has 0 spiro atoms. The molecule has 0 saturated carbocycles. The fraction of sp³-hybridized carbons (Fsp3) is 0.250. The summed E-state index contributed by atoms with van der Waals surface area (Å²) in [5.74, 6) is 1.20. The smallest absolute Gasteiger partial charge is 0.119 e. The van der Waals surface area contributed by atoms with Gasteiger partial charge in [0.15, 0.2) is 0 Å². The lowest BCUT2D eigenvalue weighted by Gasteiger charge is -2.28. The van der Waals surface area contributed by atoms with Gasteiger partial charge in [0.2, 0.25) is 0 Å². The Hall–Kier alpha value is -2.62. The van der Waals surface area contributed by atoms with Crippen LogP contribution in [0.3, 0.4) is 0 Å². The van der Waals surface area contributed by atoms with E-state index in [9.17, 15) is 0 Å². The highest BCUT2D eigenvalue weighted by Gasteiger charge is 2.18. The molecule has 27 heavy (non-hydrogen) atoms. The predicted octanol–water partition coefficient (Wildman–Crippen LogP) is 4.29. The number of nitrogens with zero attached hydrogens (tertiary/aromatic N) is 1. The Morgan fingerprint density at radius 3 is 2.04 bits per heavy atom. The molecule has 0 amide bonds. The van der Waals surface area contributed by atoms with E-state index in [4.69, 9.17) is 10.5 Å². The molecule has 3 aromatic carbocycles. The van der Waals surface area contributed by atoms with Crippen LogP contribution in [0.2, 0.25) is 0 Å².